The normalized spacial score (nSPS) is 16.4. The van der Waals surface area contributed by atoms with Gasteiger partial charge in [0.05, 0.1) is 0 Å². The zero-order chi connectivity index (χ0) is 11.9. The second kappa shape index (κ2) is 7.27. The molecule has 0 aromatic rings. The lowest BCUT2D eigenvalue weighted by Gasteiger charge is -2.25. The smallest absolute Gasteiger partial charge is 0.00413 e. The Morgan fingerprint density at radius 1 is 1.13 bits per heavy atom. The van der Waals surface area contributed by atoms with E-state index in [9.17, 15) is 0 Å². The first-order valence-corrected chi connectivity index (χ1v) is 6.60. The van der Waals surface area contributed by atoms with Crippen LogP contribution in [0, 0.1) is 11.3 Å². The SMILES string of the molecule is CCCCCC(N)CC(C)CC(C)(C)C. The van der Waals surface area contributed by atoms with Crippen LogP contribution < -0.4 is 5.73 Å². The Morgan fingerprint density at radius 3 is 2.20 bits per heavy atom. The fourth-order valence-corrected chi connectivity index (χ4v) is 2.42. The van der Waals surface area contributed by atoms with E-state index in [-0.39, 0.29) is 0 Å². The van der Waals surface area contributed by atoms with E-state index in [2.05, 4.69) is 34.6 Å². The summed E-state index contributed by atoms with van der Waals surface area (Å²) in [7, 11) is 0. The van der Waals surface area contributed by atoms with Crippen molar-refractivity contribution < 1.29 is 0 Å². The maximum atomic E-state index is 6.13. The molecule has 1 nitrogen and oxygen atoms in total. The summed E-state index contributed by atoms with van der Waals surface area (Å²) in [6, 6.07) is 0.425. The van der Waals surface area contributed by atoms with E-state index in [4.69, 9.17) is 5.73 Å². The first-order valence-electron chi connectivity index (χ1n) is 6.60. The Balaban J connectivity index is 3.62. The molecule has 0 amide bonds. The summed E-state index contributed by atoms with van der Waals surface area (Å²) in [5, 5.41) is 0. The van der Waals surface area contributed by atoms with E-state index in [1.807, 2.05) is 0 Å². The number of rotatable bonds is 7. The first-order chi connectivity index (χ1) is 6.85. The van der Waals surface area contributed by atoms with Gasteiger partial charge >= 0.3 is 0 Å². The van der Waals surface area contributed by atoms with E-state index < -0.39 is 0 Å². The maximum absolute atomic E-state index is 6.13. The first kappa shape index (κ1) is 15.0. The van der Waals surface area contributed by atoms with Crippen LogP contribution in [0.25, 0.3) is 0 Å². The predicted molar refractivity (Wildman–Crippen MR) is 70.0 cm³/mol. The molecule has 92 valence electrons. The summed E-state index contributed by atoms with van der Waals surface area (Å²) in [6.07, 6.45) is 7.63. The van der Waals surface area contributed by atoms with Crippen LogP contribution in [0.15, 0.2) is 0 Å². The Hall–Kier alpha value is -0.0400. The van der Waals surface area contributed by atoms with Crippen molar-refractivity contribution in [2.75, 3.05) is 0 Å². The number of unbranched alkanes of at least 4 members (excludes halogenated alkanes) is 2. The van der Waals surface area contributed by atoms with Crippen molar-refractivity contribution in [3.8, 4) is 0 Å². The minimum atomic E-state index is 0.425. The summed E-state index contributed by atoms with van der Waals surface area (Å²) < 4.78 is 0. The van der Waals surface area contributed by atoms with Crippen LogP contribution in [-0.2, 0) is 0 Å². The van der Waals surface area contributed by atoms with E-state index in [0.29, 0.717) is 11.5 Å². The Kier molecular flexibility index (Phi) is 7.25. The van der Waals surface area contributed by atoms with E-state index in [1.165, 1.54) is 38.5 Å². The number of hydrogen-bond acceptors (Lipinski definition) is 1. The molecule has 0 heterocycles. The fourth-order valence-electron chi connectivity index (χ4n) is 2.42. The summed E-state index contributed by atoms with van der Waals surface area (Å²) in [6.45, 7) is 11.5. The summed E-state index contributed by atoms with van der Waals surface area (Å²) in [5.74, 6) is 0.765. The third kappa shape index (κ3) is 10.2. The third-order valence-corrected chi connectivity index (χ3v) is 2.84. The van der Waals surface area contributed by atoms with Crippen LogP contribution in [0.5, 0.6) is 0 Å². The van der Waals surface area contributed by atoms with Gasteiger partial charge in [-0.1, -0.05) is 53.9 Å². The summed E-state index contributed by atoms with van der Waals surface area (Å²) in [5.41, 5.74) is 6.58. The highest BCUT2D eigenvalue weighted by atomic mass is 14.6. The van der Waals surface area contributed by atoms with Gasteiger partial charge in [0.15, 0.2) is 0 Å². The maximum Gasteiger partial charge on any atom is 0.00413 e. The quantitative estimate of drug-likeness (QED) is 0.625. The fraction of sp³-hybridized carbons (Fsp3) is 1.00. The van der Waals surface area contributed by atoms with Crippen LogP contribution in [0.1, 0.15) is 73.1 Å². The lowest BCUT2D eigenvalue weighted by molar-refractivity contribution is 0.282. The van der Waals surface area contributed by atoms with Gasteiger partial charge in [-0.05, 0) is 30.6 Å². The molecule has 0 aromatic heterocycles. The van der Waals surface area contributed by atoms with Gasteiger partial charge in [0, 0.05) is 6.04 Å². The molecule has 0 rings (SSSR count). The average molecular weight is 213 g/mol. The standard InChI is InChI=1S/C14H31N/c1-6-7-8-9-13(15)10-12(2)11-14(3,4)5/h12-13H,6-11,15H2,1-5H3. The largest absolute Gasteiger partial charge is 0.328 e. The van der Waals surface area contributed by atoms with E-state index in [0.717, 1.165) is 5.92 Å². The molecule has 2 unspecified atom stereocenters. The van der Waals surface area contributed by atoms with Crippen molar-refractivity contribution in [2.24, 2.45) is 17.1 Å². The molecule has 0 radical (unpaired) electrons. The minimum Gasteiger partial charge on any atom is -0.328 e. The van der Waals surface area contributed by atoms with E-state index >= 15 is 0 Å². The highest BCUT2D eigenvalue weighted by molar-refractivity contribution is 4.71. The average Bonchev–Trinajstić information content (AvgIpc) is 2.00. The molecule has 15 heavy (non-hydrogen) atoms. The summed E-state index contributed by atoms with van der Waals surface area (Å²) in [4.78, 5) is 0. The van der Waals surface area contributed by atoms with Gasteiger partial charge in [-0.25, -0.2) is 0 Å². The molecule has 0 aliphatic carbocycles. The third-order valence-electron chi connectivity index (χ3n) is 2.84. The van der Waals surface area contributed by atoms with E-state index in [1.54, 1.807) is 0 Å². The van der Waals surface area contributed by atoms with Gasteiger partial charge < -0.3 is 5.73 Å². The van der Waals surface area contributed by atoms with Gasteiger partial charge in [-0.15, -0.1) is 0 Å². The van der Waals surface area contributed by atoms with Gasteiger partial charge in [-0.3, -0.25) is 0 Å². The molecule has 2 atom stereocenters. The monoisotopic (exact) mass is 213 g/mol. The van der Waals surface area contributed by atoms with Crippen LogP contribution >= 0.6 is 0 Å². The second-order valence-electron chi connectivity index (χ2n) is 6.36. The molecular weight excluding hydrogens is 182 g/mol. The van der Waals surface area contributed by atoms with Crippen LogP contribution in [0.4, 0.5) is 0 Å². The topological polar surface area (TPSA) is 26.0 Å². The van der Waals surface area contributed by atoms with Crippen molar-refractivity contribution in [2.45, 2.75) is 79.2 Å². The molecular formula is C14H31N. The number of hydrogen-bond donors (Lipinski definition) is 1. The minimum absolute atomic E-state index is 0.425. The van der Waals surface area contributed by atoms with Gasteiger partial charge in [0.1, 0.15) is 0 Å². The molecule has 0 spiro atoms. The zero-order valence-electron chi connectivity index (χ0n) is 11.5. The van der Waals surface area contributed by atoms with Crippen LogP contribution in [0.2, 0.25) is 0 Å². The zero-order valence-corrected chi connectivity index (χ0v) is 11.5. The molecule has 0 bridgehead atoms. The lowest BCUT2D eigenvalue weighted by atomic mass is 9.82. The van der Waals surface area contributed by atoms with Crippen molar-refractivity contribution in [3.05, 3.63) is 0 Å². The number of nitrogens with two attached hydrogens (primary N) is 1. The molecule has 2 N–H and O–H groups in total. The van der Waals surface area contributed by atoms with Crippen molar-refractivity contribution >= 4 is 0 Å². The van der Waals surface area contributed by atoms with Gasteiger partial charge in [0.25, 0.3) is 0 Å². The van der Waals surface area contributed by atoms with Crippen molar-refractivity contribution in [1.29, 1.82) is 0 Å². The Morgan fingerprint density at radius 2 is 1.73 bits per heavy atom. The van der Waals surface area contributed by atoms with Crippen molar-refractivity contribution in [1.82, 2.24) is 0 Å². The molecule has 0 aliphatic heterocycles. The molecule has 1 heteroatoms. The highest BCUT2D eigenvalue weighted by Crippen LogP contribution is 2.27. The van der Waals surface area contributed by atoms with Gasteiger partial charge in [0.2, 0.25) is 0 Å². The molecule has 0 aromatic carbocycles. The molecule has 0 saturated heterocycles. The van der Waals surface area contributed by atoms with Crippen LogP contribution in [0.3, 0.4) is 0 Å². The molecule has 0 saturated carbocycles. The molecule has 0 fully saturated rings. The predicted octanol–water partition coefficient (Wildman–Crippen LogP) is 4.36. The van der Waals surface area contributed by atoms with Gasteiger partial charge in [-0.2, -0.15) is 0 Å². The lowest BCUT2D eigenvalue weighted by Crippen LogP contribution is -2.24. The molecule has 0 aliphatic rings. The second-order valence-corrected chi connectivity index (χ2v) is 6.36. The summed E-state index contributed by atoms with van der Waals surface area (Å²) >= 11 is 0. The van der Waals surface area contributed by atoms with Crippen molar-refractivity contribution in [3.63, 3.8) is 0 Å². The Labute approximate surface area is 96.8 Å². The van der Waals surface area contributed by atoms with Crippen LogP contribution in [-0.4, -0.2) is 6.04 Å². The Bertz CT molecular complexity index is 146. The highest BCUT2D eigenvalue weighted by Gasteiger charge is 2.17.